The third-order valence-corrected chi connectivity index (χ3v) is 9.86. The topological polar surface area (TPSA) is 0 Å². The Bertz CT molecular complexity index is 1050. The summed E-state index contributed by atoms with van der Waals surface area (Å²) < 4.78 is 0. The SMILES string of the molecule is CC/C=C\SC(C)C1=C=C=C(c2ccc(-c3ccc(-c4cccs4)s3)s2)S1. The number of rotatable bonds is 7. The molecule has 5 heteroatoms. The summed E-state index contributed by atoms with van der Waals surface area (Å²) in [7, 11) is 0. The standard InChI is InChI=1S/C22H18S5/c1-3-4-13-23-15(2)16-7-8-19(25-16)20-11-12-22(27-20)21-10-9-18(26-21)17-6-5-14-24-17/h4-6,9-15H,3H2,1-2H3/b13-4-. The molecule has 0 amide bonds. The molecule has 4 rings (SSSR count). The highest BCUT2D eigenvalue weighted by molar-refractivity contribution is 8.13. The monoisotopic (exact) mass is 442 g/mol. The first-order valence-corrected chi connectivity index (χ1v) is 13.0. The largest absolute Gasteiger partial charge is 0.143 e. The second-order valence-corrected chi connectivity index (χ2v) is 11.3. The predicted octanol–water partition coefficient (Wildman–Crippen LogP) is 8.98. The van der Waals surface area contributed by atoms with Gasteiger partial charge in [0.05, 0.1) is 14.7 Å². The summed E-state index contributed by atoms with van der Waals surface area (Å²) in [6.45, 7) is 4.40. The molecule has 4 heterocycles. The lowest BCUT2D eigenvalue weighted by Crippen LogP contribution is -1.93. The highest BCUT2D eigenvalue weighted by Crippen LogP contribution is 2.45. The second kappa shape index (κ2) is 8.89. The molecule has 27 heavy (non-hydrogen) atoms. The van der Waals surface area contributed by atoms with Gasteiger partial charge in [0.25, 0.3) is 0 Å². The van der Waals surface area contributed by atoms with E-state index in [1.54, 1.807) is 11.3 Å². The van der Waals surface area contributed by atoms with Gasteiger partial charge in [-0.15, -0.1) is 45.8 Å². The lowest BCUT2D eigenvalue weighted by atomic mass is 10.3. The van der Waals surface area contributed by atoms with Crippen LogP contribution in [-0.4, -0.2) is 5.25 Å². The lowest BCUT2D eigenvalue weighted by Gasteiger charge is -2.08. The molecule has 0 aliphatic carbocycles. The van der Waals surface area contributed by atoms with Crippen LogP contribution in [0.5, 0.6) is 0 Å². The maximum atomic E-state index is 3.36. The Labute approximate surface area is 181 Å². The van der Waals surface area contributed by atoms with E-state index < -0.39 is 0 Å². The summed E-state index contributed by atoms with van der Waals surface area (Å²) in [5, 5.41) is 4.76. The van der Waals surface area contributed by atoms with Crippen LogP contribution in [0.25, 0.3) is 24.4 Å². The molecule has 0 N–H and O–H groups in total. The third-order valence-electron chi connectivity index (χ3n) is 3.94. The van der Waals surface area contributed by atoms with Gasteiger partial charge in [0.2, 0.25) is 0 Å². The van der Waals surface area contributed by atoms with Gasteiger partial charge in [0, 0.05) is 24.8 Å². The van der Waals surface area contributed by atoms with Crippen molar-refractivity contribution in [2.45, 2.75) is 25.5 Å². The molecule has 0 saturated carbocycles. The number of hydrogen-bond acceptors (Lipinski definition) is 5. The first kappa shape index (κ1) is 19.2. The maximum absolute atomic E-state index is 3.36. The molecule has 0 bridgehead atoms. The Kier molecular flexibility index (Phi) is 6.31. The molecule has 3 aromatic heterocycles. The van der Waals surface area contributed by atoms with Crippen LogP contribution < -0.4 is 0 Å². The van der Waals surface area contributed by atoms with Crippen molar-refractivity contribution in [1.82, 2.24) is 0 Å². The first-order chi connectivity index (χ1) is 13.2. The fourth-order valence-corrected chi connectivity index (χ4v) is 7.39. The Balaban J connectivity index is 1.49. The summed E-state index contributed by atoms with van der Waals surface area (Å²) in [5.74, 6) is 0. The minimum absolute atomic E-state index is 0.424. The highest BCUT2D eigenvalue weighted by atomic mass is 32.2. The molecule has 0 aromatic carbocycles. The van der Waals surface area contributed by atoms with Gasteiger partial charge < -0.3 is 0 Å². The van der Waals surface area contributed by atoms with Crippen LogP contribution in [0, 0.1) is 0 Å². The fourth-order valence-electron chi connectivity index (χ4n) is 2.52. The first-order valence-electron chi connectivity index (χ1n) is 8.73. The van der Waals surface area contributed by atoms with E-state index in [2.05, 4.69) is 78.6 Å². The number of hydrogen-bond donors (Lipinski definition) is 0. The third kappa shape index (κ3) is 4.47. The second-order valence-electron chi connectivity index (χ2n) is 5.91. The zero-order valence-electron chi connectivity index (χ0n) is 15.0. The van der Waals surface area contributed by atoms with E-state index in [-0.39, 0.29) is 0 Å². The van der Waals surface area contributed by atoms with Crippen molar-refractivity contribution >= 4 is 62.4 Å². The van der Waals surface area contributed by atoms with Crippen molar-refractivity contribution in [3.8, 4) is 19.5 Å². The molecule has 3 aromatic rings. The zero-order chi connectivity index (χ0) is 18.6. The Morgan fingerprint density at radius 1 is 0.963 bits per heavy atom. The molecule has 1 unspecified atom stereocenters. The molecule has 0 fully saturated rings. The number of thiophene rings is 3. The van der Waals surface area contributed by atoms with Crippen molar-refractivity contribution in [1.29, 1.82) is 0 Å². The fraction of sp³-hybridized carbons (Fsp3) is 0.182. The predicted molar refractivity (Wildman–Crippen MR) is 129 cm³/mol. The van der Waals surface area contributed by atoms with Crippen molar-refractivity contribution < 1.29 is 0 Å². The van der Waals surface area contributed by atoms with E-state index in [0.29, 0.717) is 5.25 Å². The molecule has 1 aliphatic rings. The van der Waals surface area contributed by atoms with Crippen molar-refractivity contribution in [3.05, 3.63) is 74.5 Å². The van der Waals surface area contributed by atoms with Crippen LogP contribution in [0.4, 0.5) is 0 Å². The van der Waals surface area contributed by atoms with Crippen LogP contribution >= 0.6 is 57.5 Å². The smallest absolute Gasteiger partial charge is 0.0801 e. The maximum Gasteiger partial charge on any atom is 0.0801 e. The normalized spacial score (nSPS) is 14.7. The Hall–Kier alpha value is -1.16. The Morgan fingerprint density at radius 3 is 2.37 bits per heavy atom. The zero-order valence-corrected chi connectivity index (χ0v) is 19.1. The molecule has 0 saturated heterocycles. The van der Waals surface area contributed by atoms with Crippen LogP contribution in [0.2, 0.25) is 0 Å². The summed E-state index contributed by atoms with van der Waals surface area (Å²) in [5.41, 5.74) is 6.71. The van der Waals surface area contributed by atoms with E-state index in [1.807, 2.05) is 46.2 Å². The van der Waals surface area contributed by atoms with Crippen molar-refractivity contribution in [2.24, 2.45) is 0 Å². The number of allylic oxidation sites excluding steroid dienone is 1. The molecule has 0 nitrogen and oxygen atoms in total. The van der Waals surface area contributed by atoms with Crippen molar-refractivity contribution in [3.63, 3.8) is 0 Å². The van der Waals surface area contributed by atoms with Crippen LogP contribution in [0.1, 0.15) is 25.1 Å². The summed E-state index contributed by atoms with van der Waals surface area (Å²) in [4.78, 5) is 9.10. The van der Waals surface area contributed by atoms with Gasteiger partial charge >= 0.3 is 0 Å². The van der Waals surface area contributed by atoms with Gasteiger partial charge in [-0.2, -0.15) is 0 Å². The quantitative estimate of drug-likeness (QED) is 0.335. The van der Waals surface area contributed by atoms with Crippen LogP contribution in [-0.2, 0) is 0 Å². The van der Waals surface area contributed by atoms with E-state index in [0.717, 1.165) is 6.42 Å². The van der Waals surface area contributed by atoms with Gasteiger partial charge in [-0.1, -0.05) is 42.3 Å². The molecule has 1 aliphatic heterocycles. The minimum atomic E-state index is 0.424. The summed E-state index contributed by atoms with van der Waals surface area (Å²) >= 11 is 9.18. The van der Waals surface area contributed by atoms with Gasteiger partial charge in [-0.25, -0.2) is 0 Å². The molecular weight excluding hydrogens is 425 g/mol. The van der Waals surface area contributed by atoms with Gasteiger partial charge in [0.15, 0.2) is 0 Å². The average molecular weight is 443 g/mol. The van der Waals surface area contributed by atoms with E-state index in [4.69, 9.17) is 0 Å². The van der Waals surface area contributed by atoms with Gasteiger partial charge in [-0.3, -0.25) is 0 Å². The average Bonchev–Trinajstić information content (AvgIpc) is 3.48. The van der Waals surface area contributed by atoms with Crippen LogP contribution in [0.3, 0.4) is 0 Å². The van der Waals surface area contributed by atoms with Crippen molar-refractivity contribution in [2.75, 3.05) is 0 Å². The van der Waals surface area contributed by atoms with E-state index in [9.17, 15) is 0 Å². The Morgan fingerprint density at radius 2 is 1.67 bits per heavy atom. The lowest BCUT2D eigenvalue weighted by molar-refractivity contribution is 1.22. The summed E-state index contributed by atoms with van der Waals surface area (Å²) in [6, 6.07) is 13.2. The highest BCUT2D eigenvalue weighted by Gasteiger charge is 2.18. The molecular formula is C22H18S5. The minimum Gasteiger partial charge on any atom is -0.143 e. The van der Waals surface area contributed by atoms with E-state index >= 15 is 0 Å². The number of thioether (sulfide) groups is 2. The summed E-state index contributed by atoms with van der Waals surface area (Å²) in [6.07, 6.45) is 3.29. The molecule has 0 spiro atoms. The van der Waals surface area contributed by atoms with Crippen LogP contribution in [0.15, 0.2) is 69.6 Å². The molecule has 1 atom stereocenters. The molecule has 136 valence electrons. The van der Waals surface area contributed by atoms with Gasteiger partial charge in [0.1, 0.15) is 0 Å². The van der Waals surface area contributed by atoms with E-state index in [1.165, 1.54) is 34.2 Å². The van der Waals surface area contributed by atoms with Gasteiger partial charge in [-0.05, 0) is 54.5 Å². The molecule has 0 radical (unpaired) electrons.